The van der Waals surface area contributed by atoms with Crippen molar-refractivity contribution in [2.45, 2.75) is 57.8 Å². The van der Waals surface area contributed by atoms with Gasteiger partial charge in [0.25, 0.3) is 0 Å². The molecular formula is C16H24I. The topological polar surface area (TPSA) is 0 Å². The fourth-order valence-corrected chi connectivity index (χ4v) is 2.40. The van der Waals surface area contributed by atoms with Crippen LogP contribution in [-0.4, -0.2) is 0 Å². The van der Waals surface area contributed by atoms with Crippen molar-refractivity contribution in [3.8, 4) is 0 Å². The van der Waals surface area contributed by atoms with E-state index >= 15 is 0 Å². The Hall–Kier alpha value is -0.0500. The Morgan fingerprint density at radius 2 is 1.29 bits per heavy atom. The molecule has 1 aromatic carbocycles. The van der Waals surface area contributed by atoms with E-state index in [4.69, 9.17) is 0 Å². The molecule has 0 saturated carbocycles. The summed E-state index contributed by atoms with van der Waals surface area (Å²) >= 11 is 2.36. The lowest BCUT2D eigenvalue weighted by Crippen LogP contribution is -1.86. The molecule has 1 radical (unpaired) electrons. The lowest BCUT2D eigenvalue weighted by Gasteiger charge is -2.02. The van der Waals surface area contributed by atoms with Crippen molar-refractivity contribution < 1.29 is 0 Å². The molecule has 1 rings (SSSR count). The van der Waals surface area contributed by atoms with Crippen LogP contribution < -0.4 is 0 Å². The average molecular weight is 343 g/mol. The summed E-state index contributed by atoms with van der Waals surface area (Å²) in [5, 5.41) is 0. The molecule has 0 N–H and O–H groups in total. The molecule has 0 aliphatic carbocycles. The number of hydrogen-bond acceptors (Lipinski definition) is 0. The first-order valence-corrected chi connectivity index (χ1v) is 7.94. The van der Waals surface area contributed by atoms with Crippen LogP contribution >= 0.6 is 22.6 Å². The minimum atomic E-state index is 1.10. The Bertz CT molecular complexity index is 276. The lowest BCUT2D eigenvalue weighted by molar-refractivity contribution is 0.581. The van der Waals surface area contributed by atoms with E-state index in [0.717, 1.165) is 6.42 Å². The molecule has 17 heavy (non-hydrogen) atoms. The van der Waals surface area contributed by atoms with Crippen molar-refractivity contribution in [3.05, 3.63) is 40.3 Å². The van der Waals surface area contributed by atoms with Crippen molar-refractivity contribution in [2.24, 2.45) is 0 Å². The van der Waals surface area contributed by atoms with E-state index in [1.54, 1.807) is 0 Å². The van der Waals surface area contributed by atoms with Gasteiger partial charge in [0.15, 0.2) is 0 Å². The van der Waals surface area contributed by atoms with Gasteiger partial charge in [0.05, 0.1) is 0 Å². The monoisotopic (exact) mass is 343 g/mol. The van der Waals surface area contributed by atoms with Gasteiger partial charge in [0, 0.05) is 3.57 Å². The van der Waals surface area contributed by atoms with Crippen LogP contribution in [0.1, 0.15) is 56.9 Å². The number of hydrogen-bond donors (Lipinski definition) is 0. The van der Waals surface area contributed by atoms with Crippen molar-refractivity contribution in [1.29, 1.82) is 0 Å². The third kappa shape index (κ3) is 7.80. The van der Waals surface area contributed by atoms with Gasteiger partial charge in [-0.3, -0.25) is 0 Å². The van der Waals surface area contributed by atoms with Crippen LogP contribution in [-0.2, 0) is 6.42 Å². The molecule has 0 saturated heterocycles. The Morgan fingerprint density at radius 3 is 1.88 bits per heavy atom. The van der Waals surface area contributed by atoms with Gasteiger partial charge in [-0.2, -0.15) is 0 Å². The van der Waals surface area contributed by atoms with Gasteiger partial charge in [-0.05, 0) is 53.1 Å². The molecule has 95 valence electrons. The van der Waals surface area contributed by atoms with Gasteiger partial charge in [-0.15, -0.1) is 0 Å². The van der Waals surface area contributed by atoms with Crippen molar-refractivity contribution in [2.75, 3.05) is 0 Å². The average Bonchev–Trinajstić information content (AvgIpc) is 2.35. The summed E-state index contributed by atoms with van der Waals surface area (Å²) in [5.74, 6) is 0. The molecule has 0 aliphatic heterocycles. The number of unbranched alkanes of at least 4 members (excludes halogenated alkanes) is 7. The van der Waals surface area contributed by atoms with Crippen LogP contribution in [0.25, 0.3) is 0 Å². The summed E-state index contributed by atoms with van der Waals surface area (Å²) in [6, 6.07) is 8.93. The zero-order valence-corrected chi connectivity index (χ0v) is 12.9. The quantitative estimate of drug-likeness (QED) is 0.393. The Kier molecular flexibility index (Phi) is 8.76. The van der Waals surface area contributed by atoms with E-state index in [1.807, 2.05) is 0 Å². The van der Waals surface area contributed by atoms with Crippen LogP contribution in [0.15, 0.2) is 24.3 Å². The first kappa shape index (κ1) is 15.0. The number of rotatable bonds is 9. The second-order valence-electron chi connectivity index (χ2n) is 4.70. The van der Waals surface area contributed by atoms with Crippen molar-refractivity contribution in [3.63, 3.8) is 0 Å². The fourth-order valence-electron chi connectivity index (χ4n) is 2.04. The highest BCUT2D eigenvalue weighted by molar-refractivity contribution is 14.1. The largest absolute Gasteiger partial charge is 0.0580 e. The maximum absolute atomic E-state index is 3.87. The maximum atomic E-state index is 3.87. The molecular weight excluding hydrogens is 319 g/mol. The van der Waals surface area contributed by atoms with Gasteiger partial charge in [0.2, 0.25) is 0 Å². The van der Waals surface area contributed by atoms with E-state index < -0.39 is 0 Å². The second kappa shape index (κ2) is 9.93. The number of benzene rings is 1. The fraction of sp³-hybridized carbons (Fsp3) is 0.562. The number of aryl methyl sites for hydroxylation is 1. The first-order valence-electron chi connectivity index (χ1n) is 6.86. The molecule has 0 fully saturated rings. The van der Waals surface area contributed by atoms with Crippen LogP contribution in [0.2, 0.25) is 0 Å². The van der Waals surface area contributed by atoms with Crippen molar-refractivity contribution in [1.82, 2.24) is 0 Å². The zero-order valence-electron chi connectivity index (χ0n) is 10.8. The second-order valence-corrected chi connectivity index (χ2v) is 5.95. The molecule has 0 heterocycles. The van der Waals surface area contributed by atoms with E-state index in [1.165, 1.54) is 60.5 Å². The van der Waals surface area contributed by atoms with E-state index in [0.29, 0.717) is 0 Å². The third-order valence-electron chi connectivity index (χ3n) is 3.13. The summed E-state index contributed by atoms with van der Waals surface area (Å²) in [7, 11) is 0. The minimum absolute atomic E-state index is 1.10. The highest BCUT2D eigenvalue weighted by Gasteiger charge is 1.94. The highest BCUT2D eigenvalue weighted by Crippen LogP contribution is 2.12. The predicted octanol–water partition coefficient (Wildman–Crippen LogP) is 5.79. The van der Waals surface area contributed by atoms with Crippen LogP contribution in [0, 0.1) is 10.5 Å². The highest BCUT2D eigenvalue weighted by atomic mass is 127. The molecule has 0 aromatic heterocycles. The summed E-state index contributed by atoms with van der Waals surface area (Å²) in [4.78, 5) is 0. The van der Waals surface area contributed by atoms with Gasteiger partial charge in [-0.1, -0.05) is 64.0 Å². The van der Waals surface area contributed by atoms with Crippen LogP contribution in [0.5, 0.6) is 0 Å². The smallest absolute Gasteiger partial charge is 0.0130 e. The molecule has 0 bridgehead atoms. The lowest BCUT2D eigenvalue weighted by atomic mass is 10.0. The van der Waals surface area contributed by atoms with Gasteiger partial charge in [0.1, 0.15) is 0 Å². The third-order valence-corrected chi connectivity index (χ3v) is 3.85. The molecule has 0 spiro atoms. The van der Waals surface area contributed by atoms with E-state index in [2.05, 4.69) is 53.8 Å². The first-order chi connectivity index (χ1) is 8.33. The molecule has 0 aliphatic rings. The van der Waals surface area contributed by atoms with E-state index in [-0.39, 0.29) is 0 Å². The van der Waals surface area contributed by atoms with Crippen LogP contribution in [0.4, 0.5) is 0 Å². The summed E-state index contributed by atoms with van der Waals surface area (Å²) in [6.45, 7) is 3.87. The van der Waals surface area contributed by atoms with Gasteiger partial charge < -0.3 is 0 Å². The minimum Gasteiger partial charge on any atom is -0.0580 e. The van der Waals surface area contributed by atoms with Crippen LogP contribution in [0.3, 0.4) is 0 Å². The van der Waals surface area contributed by atoms with E-state index in [9.17, 15) is 0 Å². The Morgan fingerprint density at radius 1 is 0.765 bits per heavy atom. The summed E-state index contributed by atoms with van der Waals surface area (Å²) in [6.07, 6.45) is 12.0. The summed E-state index contributed by atoms with van der Waals surface area (Å²) in [5.41, 5.74) is 1.49. The maximum Gasteiger partial charge on any atom is 0.0130 e. The molecule has 0 atom stereocenters. The zero-order chi connectivity index (χ0) is 12.3. The molecule has 1 heteroatoms. The molecule has 0 amide bonds. The number of halogens is 1. The summed E-state index contributed by atoms with van der Waals surface area (Å²) < 4.78 is 1.33. The predicted molar refractivity (Wildman–Crippen MR) is 85.2 cm³/mol. The molecule has 0 unspecified atom stereocenters. The van der Waals surface area contributed by atoms with Gasteiger partial charge >= 0.3 is 0 Å². The standard InChI is InChI=1S/C16H24I/c1-2-3-4-5-6-7-8-9-10-15-11-13-16(17)14-12-15/h11-14H,1-10H2. The van der Waals surface area contributed by atoms with Gasteiger partial charge in [-0.25, -0.2) is 0 Å². The van der Waals surface area contributed by atoms with Crippen molar-refractivity contribution >= 4 is 22.6 Å². The Labute approximate surface area is 120 Å². The SMILES string of the molecule is [CH2]CCCCCCCCCc1ccc(I)cc1. The Balaban J connectivity index is 1.95. The molecule has 0 nitrogen and oxygen atoms in total. The molecule has 1 aromatic rings. The normalized spacial score (nSPS) is 10.7.